The fourth-order valence-electron chi connectivity index (χ4n) is 1.90. The highest BCUT2D eigenvalue weighted by Crippen LogP contribution is 2.21. The maximum absolute atomic E-state index is 6.01. The molecule has 0 radical (unpaired) electrons. The Morgan fingerprint density at radius 2 is 2.28 bits per heavy atom. The minimum atomic E-state index is 0.603. The third-order valence-corrected chi connectivity index (χ3v) is 2.95. The van der Waals surface area contributed by atoms with Crippen LogP contribution < -0.4 is 11.1 Å². The molecule has 2 rings (SSSR count). The molecule has 0 aliphatic carbocycles. The molecule has 0 aliphatic rings. The van der Waals surface area contributed by atoms with Crippen LogP contribution in [0, 0.1) is 0 Å². The monoisotopic (exact) mass is 264 g/mol. The molecule has 3 N–H and O–H groups in total. The van der Waals surface area contributed by atoms with Crippen LogP contribution >= 0.6 is 11.6 Å². The maximum atomic E-state index is 6.01. The number of benzene rings is 1. The first kappa shape index (κ1) is 12.9. The number of hydrogen-bond donors (Lipinski definition) is 2. The van der Waals surface area contributed by atoms with E-state index in [1.54, 1.807) is 0 Å². The first-order chi connectivity index (χ1) is 8.76. The summed E-state index contributed by atoms with van der Waals surface area (Å²) in [4.78, 5) is 0. The summed E-state index contributed by atoms with van der Waals surface area (Å²) in [6, 6.07) is 7.67. The number of aromatic nitrogens is 2. The Morgan fingerprint density at radius 3 is 2.94 bits per heavy atom. The van der Waals surface area contributed by atoms with Crippen LogP contribution in [0.4, 0.5) is 5.69 Å². The van der Waals surface area contributed by atoms with Crippen molar-refractivity contribution < 1.29 is 0 Å². The van der Waals surface area contributed by atoms with Gasteiger partial charge in [-0.3, -0.25) is 0 Å². The van der Waals surface area contributed by atoms with Crippen LogP contribution in [0.15, 0.2) is 30.5 Å². The quantitative estimate of drug-likeness (QED) is 0.872. The van der Waals surface area contributed by atoms with Gasteiger partial charge >= 0.3 is 0 Å². The summed E-state index contributed by atoms with van der Waals surface area (Å²) < 4.78 is 1.91. The zero-order valence-electron chi connectivity index (χ0n) is 10.4. The lowest BCUT2D eigenvalue weighted by Crippen LogP contribution is -2.14. The molecule has 2 aromatic rings. The van der Waals surface area contributed by atoms with Crippen LogP contribution in [-0.2, 0) is 6.42 Å². The number of nitrogens with zero attached hydrogens (tertiary/aromatic N) is 2. The van der Waals surface area contributed by atoms with Crippen molar-refractivity contribution in [2.75, 3.05) is 18.4 Å². The van der Waals surface area contributed by atoms with Crippen molar-refractivity contribution in [1.82, 2.24) is 9.78 Å². The van der Waals surface area contributed by atoms with E-state index in [0.717, 1.165) is 30.0 Å². The molecule has 1 aromatic heterocycles. The molecule has 0 spiro atoms. The molecule has 0 bridgehead atoms. The van der Waals surface area contributed by atoms with Crippen LogP contribution in [-0.4, -0.2) is 22.9 Å². The summed E-state index contributed by atoms with van der Waals surface area (Å²) in [6.45, 7) is 3.45. The minimum Gasteiger partial charge on any atom is -0.381 e. The van der Waals surface area contributed by atoms with E-state index >= 15 is 0 Å². The molecule has 1 heterocycles. The van der Waals surface area contributed by atoms with Gasteiger partial charge in [-0.2, -0.15) is 5.10 Å². The highest BCUT2D eigenvalue weighted by Gasteiger charge is 2.10. The molecule has 0 aliphatic heterocycles. The Bertz CT molecular complexity index is 521. The van der Waals surface area contributed by atoms with Crippen molar-refractivity contribution >= 4 is 17.3 Å². The molecule has 0 saturated carbocycles. The molecule has 0 saturated heterocycles. The second kappa shape index (κ2) is 5.89. The normalized spacial score (nSPS) is 10.6. The van der Waals surface area contributed by atoms with E-state index in [1.807, 2.05) is 35.1 Å². The number of nitrogens with two attached hydrogens (primary N) is 1. The van der Waals surface area contributed by atoms with Gasteiger partial charge in [0.25, 0.3) is 0 Å². The molecule has 0 unspecified atom stereocenters. The van der Waals surface area contributed by atoms with Gasteiger partial charge in [0.1, 0.15) is 0 Å². The fourth-order valence-corrected chi connectivity index (χ4v) is 2.08. The van der Waals surface area contributed by atoms with E-state index in [-0.39, 0.29) is 0 Å². The smallest absolute Gasteiger partial charge is 0.0764 e. The van der Waals surface area contributed by atoms with Crippen LogP contribution in [0.25, 0.3) is 5.69 Å². The standard InChI is InChI=1S/C13H17ClN4/c1-2-13-12(16-7-6-15)9-17-18(13)11-5-3-4-10(14)8-11/h3-5,8-9,16H,2,6-7,15H2,1H3. The summed E-state index contributed by atoms with van der Waals surface area (Å²) in [5.74, 6) is 0. The average Bonchev–Trinajstić information content (AvgIpc) is 2.79. The van der Waals surface area contributed by atoms with E-state index in [2.05, 4.69) is 17.3 Å². The highest BCUT2D eigenvalue weighted by molar-refractivity contribution is 6.30. The second-order valence-electron chi connectivity index (χ2n) is 3.97. The third kappa shape index (κ3) is 2.66. The van der Waals surface area contributed by atoms with Gasteiger partial charge in [-0.25, -0.2) is 4.68 Å². The molecule has 4 nitrogen and oxygen atoms in total. The predicted molar refractivity (Wildman–Crippen MR) is 75.5 cm³/mol. The largest absolute Gasteiger partial charge is 0.381 e. The van der Waals surface area contributed by atoms with E-state index < -0.39 is 0 Å². The SMILES string of the molecule is CCc1c(NCCN)cnn1-c1cccc(Cl)c1. The van der Waals surface area contributed by atoms with Gasteiger partial charge in [-0.1, -0.05) is 24.6 Å². The van der Waals surface area contributed by atoms with Gasteiger partial charge in [-0.05, 0) is 24.6 Å². The Morgan fingerprint density at radius 1 is 1.44 bits per heavy atom. The summed E-state index contributed by atoms with van der Waals surface area (Å²) in [5, 5.41) is 8.39. The minimum absolute atomic E-state index is 0.603. The summed E-state index contributed by atoms with van der Waals surface area (Å²) in [7, 11) is 0. The lowest BCUT2D eigenvalue weighted by Gasteiger charge is -2.09. The van der Waals surface area contributed by atoms with E-state index in [0.29, 0.717) is 11.6 Å². The van der Waals surface area contributed by atoms with Gasteiger partial charge in [0, 0.05) is 18.1 Å². The van der Waals surface area contributed by atoms with Crippen LogP contribution in [0.1, 0.15) is 12.6 Å². The lowest BCUT2D eigenvalue weighted by atomic mass is 10.2. The molecule has 0 amide bonds. The summed E-state index contributed by atoms with van der Waals surface area (Å²) >= 11 is 6.01. The summed E-state index contributed by atoms with van der Waals surface area (Å²) in [5.41, 5.74) is 8.63. The van der Waals surface area contributed by atoms with E-state index in [4.69, 9.17) is 17.3 Å². The zero-order chi connectivity index (χ0) is 13.0. The van der Waals surface area contributed by atoms with Gasteiger partial charge in [-0.15, -0.1) is 0 Å². The van der Waals surface area contributed by atoms with Crippen molar-refractivity contribution in [3.63, 3.8) is 0 Å². The van der Waals surface area contributed by atoms with Gasteiger partial charge in [0.2, 0.25) is 0 Å². The predicted octanol–water partition coefficient (Wildman–Crippen LogP) is 2.46. The Hall–Kier alpha value is -1.52. The van der Waals surface area contributed by atoms with Crippen molar-refractivity contribution in [2.45, 2.75) is 13.3 Å². The molecular formula is C13H17ClN4. The number of hydrogen-bond acceptors (Lipinski definition) is 3. The van der Waals surface area contributed by atoms with Gasteiger partial charge in [0.05, 0.1) is 23.3 Å². The Labute approximate surface area is 112 Å². The molecule has 1 aromatic carbocycles. The molecule has 5 heteroatoms. The van der Waals surface area contributed by atoms with Gasteiger partial charge in [0.15, 0.2) is 0 Å². The lowest BCUT2D eigenvalue weighted by molar-refractivity contribution is 0.814. The van der Waals surface area contributed by atoms with E-state index in [1.165, 1.54) is 0 Å². The first-order valence-electron chi connectivity index (χ1n) is 6.03. The van der Waals surface area contributed by atoms with Crippen molar-refractivity contribution in [2.24, 2.45) is 5.73 Å². The zero-order valence-corrected chi connectivity index (χ0v) is 11.1. The maximum Gasteiger partial charge on any atom is 0.0764 e. The molecule has 18 heavy (non-hydrogen) atoms. The molecule has 0 atom stereocenters. The Balaban J connectivity index is 2.36. The van der Waals surface area contributed by atoms with Crippen LogP contribution in [0.5, 0.6) is 0 Å². The molecule has 0 fully saturated rings. The topological polar surface area (TPSA) is 55.9 Å². The van der Waals surface area contributed by atoms with Crippen molar-refractivity contribution in [3.8, 4) is 5.69 Å². The second-order valence-corrected chi connectivity index (χ2v) is 4.40. The van der Waals surface area contributed by atoms with Crippen molar-refractivity contribution in [1.29, 1.82) is 0 Å². The molecular weight excluding hydrogens is 248 g/mol. The van der Waals surface area contributed by atoms with Crippen molar-refractivity contribution in [3.05, 3.63) is 41.2 Å². The number of nitrogens with one attached hydrogen (secondary N) is 1. The first-order valence-corrected chi connectivity index (χ1v) is 6.40. The number of anilines is 1. The van der Waals surface area contributed by atoms with Crippen LogP contribution in [0.3, 0.4) is 0 Å². The number of halogens is 1. The van der Waals surface area contributed by atoms with E-state index in [9.17, 15) is 0 Å². The highest BCUT2D eigenvalue weighted by atomic mass is 35.5. The number of rotatable bonds is 5. The Kier molecular flexibility index (Phi) is 4.23. The molecule has 96 valence electrons. The average molecular weight is 265 g/mol. The third-order valence-electron chi connectivity index (χ3n) is 2.72. The van der Waals surface area contributed by atoms with Crippen LogP contribution in [0.2, 0.25) is 5.02 Å². The van der Waals surface area contributed by atoms with Gasteiger partial charge < -0.3 is 11.1 Å². The summed E-state index contributed by atoms with van der Waals surface area (Å²) in [6.07, 6.45) is 2.72. The fraction of sp³-hybridized carbons (Fsp3) is 0.308.